The lowest BCUT2D eigenvalue weighted by molar-refractivity contribution is -0.206. The third kappa shape index (κ3) is 2.70. The van der Waals surface area contributed by atoms with Crippen LogP contribution in [0.3, 0.4) is 0 Å². The van der Waals surface area contributed by atoms with Crippen LogP contribution in [0.4, 0.5) is 13.2 Å². The lowest BCUT2D eigenvalue weighted by Gasteiger charge is -2.14. The van der Waals surface area contributed by atoms with Crippen molar-refractivity contribution in [2.24, 2.45) is 0 Å². The minimum absolute atomic E-state index is 0.0517. The fraction of sp³-hybridized carbons (Fsp3) is 0.222. The predicted octanol–water partition coefficient (Wildman–Crippen LogP) is 2.92. The second-order valence-corrected chi connectivity index (χ2v) is 3.65. The van der Waals surface area contributed by atoms with Gasteiger partial charge in [0.2, 0.25) is 0 Å². The van der Waals surface area contributed by atoms with Crippen molar-refractivity contribution in [3.63, 3.8) is 0 Å². The first-order valence-corrected chi connectivity index (χ1v) is 4.60. The molecule has 1 unspecified atom stereocenters. The van der Waals surface area contributed by atoms with E-state index in [1.807, 2.05) is 0 Å². The molecule has 0 bridgehead atoms. The first kappa shape index (κ1) is 12.0. The largest absolute Gasteiger partial charge is 0.418 e. The summed E-state index contributed by atoms with van der Waals surface area (Å²) >= 11 is 3.00. The van der Waals surface area contributed by atoms with E-state index in [1.165, 1.54) is 6.07 Å². The van der Waals surface area contributed by atoms with Crippen LogP contribution in [0.15, 0.2) is 22.7 Å². The minimum atomic E-state index is -4.72. The molecule has 0 aromatic heterocycles. The van der Waals surface area contributed by atoms with Gasteiger partial charge in [0.25, 0.3) is 0 Å². The standard InChI is InChI=1S/C9H5BrF3NO/c10-7-2-1-5(3-6(7)4-14)8(15)9(11,12)13/h1-3,8,15H. The van der Waals surface area contributed by atoms with E-state index in [1.54, 1.807) is 6.07 Å². The third-order valence-electron chi connectivity index (χ3n) is 1.74. The van der Waals surface area contributed by atoms with E-state index in [4.69, 9.17) is 10.4 Å². The number of aliphatic hydroxyl groups is 1. The summed E-state index contributed by atoms with van der Waals surface area (Å²) in [6.45, 7) is 0. The molecule has 6 heteroatoms. The number of nitrogens with zero attached hydrogens (tertiary/aromatic N) is 1. The van der Waals surface area contributed by atoms with Gasteiger partial charge in [-0.1, -0.05) is 6.07 Å². The van der Waals surface area contributed by atoms with Gasteiger partial charge in [-0.3, -0.25) is 0 Å². The van der Waals surface area contributed by atoms with E-state index in [2.05, 4.69) is 15.9 Å². The first-order chi connectivity index (χ1) is 6.86. The number of rotatable bonds is 1. The highest BCUT2D eigenvalue weighted by Crippen LogP contribution is 2.33. The van der Waals surface area contributed by atoms with Crippen LogP contribution in [0, 0.1) is 11.3 Å². The van der Waals surface area contributed by atoms with Crippen LogP contribution >= 0.6 is 15.9 Å². The third-order valence-corrected chi connectivity index (χ3v) is 2.43. The van der Waals surface area contributed by atoms with E-state index in [-0.39, 0.29) is 11.1 Å². The van der Waals surface area contributed by atoms with Crippen molar-refractivity contribution in [3.8, 4) is 6.07 Å². The molecule has 0 aliphatic heterocycles. The Balaban J connectivity index is 3.13. The van der Waals surface area contributed by atoms with Crippen molar-refractivity contribution in [2.45, 2.75) is 12.3 Å². The van der Waals surface area contributed by atoms with Crippen LogP contribution in [0.2, 0.25) is 0 Å². The number of benzene rings is 1. The van der Waals surface area contributed by atoms with Gasteiger partial charge >= 0.3 is 6.18 Å². The highest BCUT2D eigenvalue weighted by atomic mass is 79.9. The molecule has 2 nitrogen and oxygen atoms in total. The summed E-state index contributed by atoms with van der Waals surface area (Å²) in [5.74, 6) is 0. The maximum atomic E-state index is 12.1. The molecule has 0 radical (unpaired) electrons. The van der Waals surface area contributed by atoms with Crippen LogP contribution < -0.4 is 0 Å². The summed E-state index contributed by atoms with van der Waals surface area (Å²) in [5, 5.41) is 17.5. The lowest BCUT2D eigenvalue weighted by atomic mass is 10.1. The quantitative estimate of drug-likeness (QED) is 0.859. The van der Waals surface area contributed by atoms with E-state index < -0.39 is 12.3 Å². The molecule has 15 heavy (non-hydrogen) atoms. The topological polar surface area (TPSA) is 44.0 Å². The molecule has 0 amide bonds. The van der Waals surface area contributed by atoms with E-state index in [0.29, 0.717) is 4.47 Å². The van der Waals surface area contributed by atoms with Crippen molar-refractivity contribution >= 4 is 15.9 Å². The summed E-state index contributed by atoms with van der Waals surface area (Å²) in [7, 11) is 0. The van der Waals surface area contributed by atoms with Gasteiger partial charge in [-0.05, 0) is 33.6 Å². The molecule has 80 valence electrons. The van der Waals surface area contributed by atoms with Crippen LogP contribution in [0.1, 0.15) is 17.2 Å². The van der Waals surface area contributed by atoms with Crippen LogP contribution in [0.5, 0.6) is 0 Å². The Kier molecular flexibility index (Phi) is 3.37. The number of alkyl halides is 3. The second kappa shape index (κ2) is 4.21. The number of halogens is 4. The maximum Gasteiger partial charge on any atom is 0.418 e. The lowest BCUT2D eigenvalue weighted by Crippen LogP contribution is -2.20. The van der Waals surface area contributed by atoms with Gasteiger partial charge in [0, 0.05) is 4.47 Å². The van der Waals surface area contributed by atoms with Gasteiger partial charge in [-0.25, -0.2) is 0 Å². The minimum Gasteiger partial charge on any atom is -0.379 e. The summed E-state index contributed by atoms with van der Waals surface area (Å²) in [5.41, 5.74) is -0.293. The first-order valence-electron chi connectivity index (χ1n) is 3.80. The monoisotopic (exact) mass is 279 g/mol. The SMILES string of the molecule is N#Cc1cc(C(O)C(F)(F)F)ccc1Br. The molecule has 0 saturated heterocycles. The molecule has 0 fully saturated rings. The summed E-state index contributed by atoms with van der Waals surface area (Å²) < 4.78 is 36.8. The highest BCUT2D eigenvalue weighted by Gasteiger charge is 2.39. The van der Waals surface area contributed by atoms with Crippen molar-refractivity contribution in [1.29, 1.82) is 5.26 Å². The second-order valence-electron chi connectivity index (χ2n) is 2.80. The fourth-order valence-electron chi connectivity index (χ4n) is 0.988. The molecule has 1 aromatic rings. The molecule has 1 atom stereocenters. The molecule has 0 aliphatic carbocycles. The van der Waals surface area contributed by atoms with Gasteiger partial charge in [-0.15, -0.1) is 0 Å². The summed E-state index contributed by atoms with van der Waals surface area (Å²) in [6.07, 6.45) is -7.28. The molecule has 0 spiro atoms. The Morgan fingerprint density at radius 2 is 2.00 bits per heavy atom. The number of aliphatic hydroxyl groups excluding tert-OH is 1. The van der Waals surface area contributed by atoms with Gasteiger partial charge < -0.3 is 5.11 Å². The number of nitriles is 1. The van der Waals surface area contributed by atoms with Crippen molar-refractivity contribution in [1.82, 2.24) is 0 Å². The Hall–Kier alpha value is -1.06. The Bertz CT molecular complexity index is 411. The van der Waals surface area contributed by atoms with Crippen molar-refractivity contribution in [2.75, 3.05) is 0 Å². The van der Waals surface area contributed by atoms with Crippen molar-refractivity contribution in [3.05, 3.63) is 33.8 Å². The molecule has 0 heterocycles. The Morgan fingerprint density at radius 3 is 2.47 bits per heavy atom. The molecule has 1 aromatic carbocycles. The number of hydrogen-bond donors (Lipinski definition) is 1. The normalized spacial score (nSPS) is 13.3. The molecule has 0 saturated carbocycles. The number of hydrogen-bond acceptors (Lipinski definition) is 2. The fourth-order valence-corrected chi connectivity index (χ4v) is 1.32. The van der Waals surface area contributed by atoms with E-state index in [0.717, 1.165) is 12.1 Å². The molecular formula is C9H5BrF3NO. The average molecular weight is 280 g/mol. The summed E-state index contributed by atoms with van der Waals surface area (Å²) in [4.78, 5) is 0. The van der Waals surface area contributed by atoms with E-state index in [9.17, 15) is 13.2 Å². The summed E-state index contributed by atoms with van der Waals surface area (Å²) in [6, 6.07) is 5.13. The van der Waals surface area contributed by atoms with Gasteiger partial charge in [0.1, 0.15) is 6.07 Å². The molecule has 1 N–H and O–H groups in total. The zero-order valence-corrected chi connectivity index (χ0v) is 8.80. The van der Waals surface area contributed by atoms with Gasteiger partial charge in [0.15, 0.2) is 6.10 Å². The van der Waals surface area contributed by atoms with Gasteiger partial charge in [0.05, 0.1) is 5.56 Å². The molecular weight excluding hydrogens is 275 g/mol. The van der Waals surface area contributed by atoms with E-state index >= 15 is 0 Å². The zero-order valence-electron chi connectivity index (χ0n) is 7.22. The Morgan fingerprint density at radius 1 is 1.40 bits per heavy atom. The van der Waals surface area contributed by atoms with Crippen LogP contribution in [-0.4, -0.2) is 11.3 Å². The van der Waals surface area contributed by atoms with Crippen molar-refractivity contribution < 1.29 is 18.3 Å². The molecule has 1 rings (SSSR count). The maximum absolute atomic E-state index is 12.1. The zero-order chi connectivity index (χ0) is 11.6. The highest BCUT2D eigenvalue weighted by molar-refractivity contribution is 9.10. The molecule has 0 aliphatic rings. The van der Waals surface area contributed by atoms with Gasteiger partial charge in [-0.2, -0.15) is 18.4 Å². The predicted molar refractivity (Wildman–Crippen MR) is 49.9 cm³/mol. The average Bonchev–Trinajstić information content (AvgIpc) is 2.16. The van der Waals surface area contributed by atoms with Crippen LogP contribution in [-0.2, 0) is 0 Å². The Labute approximate surface area is 92.1 Å². The van der Waals surface area contributed by atoms with Crippen LogP contribution in [0.25, 0.3) is 0 Å². The smallest absolute Gasteiger partial charge is 0.379 e.